The van der Waals surface area contributed by atoms with E-state index in [1.54, 1.807) is 0 Å². The van der Waals surface area contributed by atoms with Gasteiger partial charge in [-0.25, -0.2) is 0 Å². The summed E-state index contributed by atoms with van der Waals surface area (Å²) in [7, 11) is 0. The molecule has 1 aromatic carbocycles. The first-order valence-electron chi connectivity index (χ1n) is 4.30. The minimum atomic E-state index is -1.01. The van der Waals surface area contributed by atoms with Gasteiger partial charge in [0.1, 0.15) is 0 Å². The van der Waals surface area contributed by atoms with Gasteiger partial charge in [-0.3, -0.25) is 19.4 Å². The van der Waals surface area contributed by atoms with E-state index in [0.29, 0.717) is 0 Å². The van der Waals surface area contributed by atoms with Crippen LogP contribution in [0.3, 0.4) is 0 Å². The summed E-state index contributed by atoms with van der Waals surface area (Å²) in [4.78, 5) is 9.37. The summed E-state index contributed by atoms with van der Waals surface area (Å²) < 4.78 is 8.35. The van der Waals surface area contributed by atoms with Crippen molar-refractivity contribution in [3.8, 4) is 5.75 Å². The predicted octanol–water partition coefficient (Wildman–Crippen LogP) is -0.988. The molecule has 13 nitrogen and oxygen atoms in total. The highest BCUT2D eigenvalue weighted by molar-refractivity contribution is 6.05. The van der Waals surface area contributed by atoms with E-state index in [1.165, 1.54) is 0 Å². The van der Waals surface area contributed by atoms with Gasteiger partial charge in [-0.1, -0.05) is 0 Å². The lowest BCUT2D eigenvalue weighted by molar-refractivity contribution is -0.782. The molecule has 2 aromatic heterocycles. The van der Waals surface area contributed by atoms with Gasteiger partial charge in [0.25, 0.3) is 16.8 Å². The van der Waals surface area contributed by atoms with Gasteiger partial charge in [0.2, 0.25) is 0 Å². The first kappa shape index (κ1) is 12.2. The fraction of sp³-hybridized carbons (Fsp3) is 0. The van der Waals surface area contributed by atoms with Crippen LogP contribution < -0.4 is 16.0 Å². The highest BCUT2D eigenvalue weighted by atomic mass is 16.8. The van der Waals surface area contributed by atoms with Gasteiger partial charge in [0.15, 0.2) is 0 Å². The Morgan fingerprint density at radius 2 is 1.63 bits per heavy atom. The fourth-order valence-corrected chi connectivity index (χ4v) is 1.60. The summed E-state index contributed by atoms with van der Waals surface area (Å²) in [5, 5.41) is 49.3. The highest BCUT2D eigenvalue weighted by Crippen LogP contribution is 2.38. The summed E-state index contributed by atoms with van der Waals surface area (Å²) in [6, 6.07) is 0. The van der Waals surface area contributed by atoms with Gasteiger partial charge >= 0.3 is 16.7 Å². The Morgan fingerprint density at radius 3 is 2.21 bits per heavy atom. The summed E-state index contributed by atoms with van der Waals surface area (Å²) >= 11 is 0. The molecule has 0 atom stereocenters. The van der Waals surface area contributed by atoms with Crippen molar-refractivity contribution >= 4 is 27.8 Å². The van der Waals surface area contributed by atoms with Crippen LogP contribution in [0, 0.1) is 20.5 Å². The SMILES string of the molecule is N.O=[N+]([O-])c1c(O)c2c(no[n+]2[O-])c2c1no[n+]2[O-]. The molecule has 0 saturated heterocycles. The molecular weight excluding hydrogens is 268 g/mol. The highest BCUT2D eigenvalue weighted by Gasteiger charge is 2.38. The molecule has 0 aliphatic heterocycles. The minimum Gasteiger partial charge on any atom is -0.499 e. The molecule has 0 amide bonds. The zero-order chi connectivity index (χ0) is 13.0. The van der Waals surface area contributed by atoms with Crippen molar-refractivity contribution < 1.29 is 29.1 Å². The second-order valence-electron chi connectivity index (χ2n) is 3.21. The predicted molar refractivity (Wildman–Crippen MR) is 52.8 cm³/mol. The molecule has 19 heavy (non-hydrogen) atoms. The van der Waals surface area contributed by atoms with Crippen molar-refractivity contribution in [3.63, 3.8) is 0 Å². The van der Waals surface area contributed by atoms with Crippen molar-refractivity contribution in [2.24, 2.45) is 0 Å². The number of phenols is 1. The van der Waals surface area contributed by atoms with E-state index >= 15 is 0 Å². The van der Waals surface area contributed by atoms with Crippen LogP contribution in [0.2, 0.25) is 0 Å². The van der Waals surface area contributed by atoms with Crippen molar-refractivity contribution in [2.45, 2.75) is 0 Å². The average Bonchev–Trinajstić information content (AvgIpc) is 2.83. The molecule has 4 N–H and O–H groups in total. The number of nitrogens with zero attached hydrogens (tertiary/aromatic N) is 5. The molecule has 100 valence electrons. The van der Waals surface area contributed by atoms with Gasteiger partial charge in [-0.2, -0.15) is 0 Å². The van der Waals surface area contributed by atoms with Gasteiger partial charge in [0.05, 0.1) is 15.2 Å². The Hall–Kier alpha value is -3.22. The number of nitro benzene ring substituents is 1. The molecule has 2 heterocycles. The third-order valence-corrected chi connectivity index (χ3v) is 2.31. The monoisotopic (exact) mass is 272 g/mol. The molecule has 0 fully saturated rings. The van der Waals surface area contributed by atoms with Crippen LogP contribution in [0.5, 0.6) is 5.75 Å². The van der Waals surface area contributed by atoms with Crippen molar-refractivity contribution in [2.75, 3.05) is 0 Å². The van der Waals surface area contributed by atoms with Crippen LogP contribution in [0.25, 0.3) is 22.1 Å². The van der Waals surface area contributed by atoms with Crippen LogP contribution in [-0.4, -0.2) is 20.3 Å². The van der Waals surface area contributed by atoms with E-state index in [9.17, 15) is 25.6 Å². The number of hydrogen-bond donors (Lipinski definition) is 2. The fourth-order valence-electron chi connectivity index (χ4n) is 1.60. The molecule has 0 radical (unpaired) electrons. The molecule has 13 heteroatoms. The number of aromatic nitrogens is 4. The molecule has 0 aliphatic carbocycles. The lowest BCUT2D eigenvalue weighted by atomic mass is 10.2. The van der Waals surface area contributed by atoms with E-state index in [-0.39, 0.29) is 21.5 Å². The van der Waals surface area contributed by atoms with Crippen LogP contribution in [0.15, 0.2) is 9.26 Å². The van der Waals surface area contributed by atoms with Crippen LogP contribution in [-0.2, 0) is 0 Å². The molecule has 0 bridgehead atoms. The Morgan fingerprint density at radius 1 is 1.11 bits per heavy atom. The normalized spacial score (nSPS) is 10.7. The van der Waals surface area contributed by atoms with Crippen LogP contribution >= 0.6 is 0 Å². The maximum absolute atomic E-state index is 11.3. The van der Waals surface area contributed by atoms with E-state index < -0.39 is 32.9 Å². The first-order chi connectivity index (χ1) is 8.52. The third kappa shape index (κ3) is 1.32. The number of nitro groups is 1. The smallest absolute Gasteiger partial charge is 0.373 e. The van der Waals surface area contributed by atoms with Gasteiger partial charge in [0, 0.05) is 0 Å². The topological polar surface area (TPSA) is 204 Å². The van der Waals surface area contributed by atoms with Gasteiger partial charge in [-0.05, 0) is 9.81 Å². The Bertz CT molecular complexity index is 805. The zero-order valence-corrected chi connectivity index (χ0v) is 8.84. The average molecular weight is 272 g/mol. The van der Waals surface area contributed by atoms with Crippen molar-refractivity contribution in [1.82, 2.24) is 16.5 Å². The van der Waals surface area contributed by atoms with E-state index in [4.69, 9.17) is 0 Å². The lowest BCUT2D eigenvalue weighted by Crippen LogP contribution is -2.25. The summed E-state index contributed by atoms with van der Waals surface area (Å²) in [5.74, 6) is -1.01. The number of phenolic OH excluding ortho intramolecular Hbond substituents is 1. The van der Waals surface area contributed by atoms with E-state index in [0.717, 1.165) is 0 Å². The quantitative estimate of drug-likeness (QED) is 0.314. The second kappa shape index (κ2) is 3.64. The third-order valence-electron chi connectivity index (χ3n) is 2.31. The van der Waals surface area contributed by atoms with E-state index in [2.05, 4.69) is 19.6 Å². The van der Waals surface area contributed by atoms with Crippen LogP contribution in [0.4, 0.5) is 5.69 Å². The molecule has 0 aliphatic rings. The molecule has 3 rings (SSSR count). The Balaban J connectivity index is 0.00000133. The van der Waals surface area contributed by atoms with Gasteiger partial charge < -0.3 is 21.7 Å². The minimum absolute atomic E-state index is 0. The largest absolute Gasteiger partial charge is 0.499 e. The summed E-state index contributed by atoms with van der Waals surface area (Å²) in [6.45, 7) is 0. The number of fused-ring (bicyclic) bond motifs is 3. The standard InChI is InChI=1S/C6HN5O7.H3N/c12-6-4(9(13)14)1-3(10(15)17-7-1)2-5(6)11(16)18-8-2;/h12H;1H3. The molecular formula is C6H4N6O7. The van der Waals surface area contributed by atoms with Crippen molar-refractivity contribution in [1.29, 1.82) is 0 Å². The number of hydrogen-bond acceptors (Lipinski definition) is 10. The lowest BCUT2D eigenvalue weighted by Gasteiger charge is -1.93. The number of rotatable bonds is 1. The zero-order valence-electron chi connectivity index (χ0n) is 8.84. The van der Waals surface area contributed by atoms with Gasteiger partial charge in [-0.15, -0.1) is 0 Å². The number of benzene rings is 1. The molecule has 3 aromatic rings. The summed E-state index contributed by atoms with van der Waals surface area (Å²) in [6.07, 6.45) is 0. The Labute approximate surface area is 101 Å². The molecule has 0 saturated carbocycles. The second-order valence-corrected chi connectivity index (χ2v) is 3.21. The summed E-state index contributed by atoms with van der Waals surface area (Å²) in [5.41, 5.74) is -2.99. The van der Waals surface area contributed by atoms with Crippen LogP contribution in [0.1, 0.15) is 0 Å². The van der Waals surface area contributed by atoms with Crippen molar-refractivity contribution in [3.05, 3.63) is 20.5 Å². The molecule has 0 unspecified atom stereocenters. The maximum Gasteiger partial charge on any atom is 0.373 e. The van der Waals surface area contributed by atoms with E-state index in [1.807, 2.05) is 0 Å². The Kier molecular flexibility index (Phi) is 2.34. The molecule has 0 spiro atoms. The number of aromatic hydroxyl groups is 1. The first-order valence-corrected chi connectivity index (χ1v) is 4.30. The maximum atomic E-state index is 11.3.